The van der Waals surface area contributed by atoms with Gasteiger partial charge in [0, 0.05) is 0 Å². The molecule has 4 nitrogen and oxygen atoms in total. The number of rotatable bonds is 4. The van der Waals surface area contributed by atoms with Crippen molar-refractivity contribution < 1.29 is 9.59 Å². The van der Waals surface area contributed by atoms with Gasteiger partial charge in [0.15, 0.2) is 0 Å². The molecule has 4 aromatic carbocycles. The Morgan fingerprint density at radius 2 is 1.37 bits per heavy atom. The third-order valence-electron chi connectivity index (χ3n) is 6.90. The summed E-state index contributed by atoms with van der Waals surface area (Å²) in [4.78, 5) is 33.2. The van der Waals surface area contributed by atoms with E-state index in [1.807, 2.05) is 72.9 Å². The standard InChI is InChI=1S/C33H20N2O2Se/c36-32-27-17-22-8-1-2-9-23(22)18-28(27)33(37)29(32)19-25-14-15-31(38-25)35(24-11-6-16-34-20-24)30-13-5-10-21-7-3-4-12-26(21)30/h1-20H. The molecule has 0 bridgehead atoms. The van der Waals surface area contributed by atoms with E-state index in [1.54, 1.807) is 12.3 Å². The Balaban J connectivity index is 1.32. The van der Waals surface area contributed by atoms with Crippen molar-refractivity contribution >= 4 is 69.6 Å². The molecule has 6 aromatic rings. The maximum atomic E-state index is 13.3. The SMILES string of the molecule is O=C1C(=Cc2ccc(N(c3cccnc3)c3cccc4ccccc34)[se]2)C(=O)c2cc3ccccc3cc21. The van der Waals surface area contributed by atoms with E-state index >= 15 is 0 Å². The number of fused-ring (bicyclic) bond motifs is 3. The molecule has 1 aliphatic rings. The van der Waals surface area contributed by atoms with Crippen molar-refractivity contribution in [1.29, 1.82) is 0 Å². The molecule has 1 aliphatic carbocycles. The van der Waals surface area contributed by atoms with Gasteiger partial charge in [-0.2, -0.15) is 0 Å². The molecule has 0 N–H and O–H groups in total. The van der Waals surface area contributed by atoms with Crippen LogP contribution in [-0.4, -0.2) is 31.1 Å². The van der Waals surface area contributed by atoms with Crippen molar-refractivity contribution in [3.63, 3.8) is 0 Å². The quantitative estimate of drug-likeness (QED) is 0.129. The van der Waals surface area contributed by atoms with Crippen molar-refractivity contribution in [2.45, 2.75) is 0 Å². The van der Waals surface area contributed by atoms with Gasteiger partial charge >= 0.3 is 226 Å². The zero-order valence-corrected chi connectivity index (χ0v) is 21.9. The molecular formula is C33H20N2O2Se. The number of Topliss-reactive ketones (excluding diaryl/α,β-unsaturated/α-hetero) is 2. The number of anilines is 3. The molecule has 0 fully saturated rings. The first-order chi connectivity index (χ1) is 18.7. The second kappa shape index (κ2) is 9.07. The van der Waals surface area contributed by atoms with E-state index in [9.17, 15) is 9.59 Å². The van der Waals surface area contributed by atoms with Crippen LogP contribution in [-0.2, 0) is 0 Å². The van der Waals surface area contributed by atoms with Gasteiger partial charge in [0.05, 0.1) is 0 Å². The minimum atomic E-state index is -0.195. The number of ketones is 2. The van der Waals surface area contributed by atoms with E-state index in [0.717, 1.165) is 41.9 Å². The van der Waals surface area contributed by atoms with Gasteiger partial charge in [-0.25, -0.2) is 0 Å². The fourth-order valence-corrected chi connectivity index (χ4v) is 7.16. The molecule has 0 atom stereocenters. The summed E-state index contributed by atoms with van der Waals surface area (Å²) in [6.07, 6.45) is 5.43. The number of benzene rings is 4. The summed E-state index contributed by atoms with van der Waals surface area (Å²) >= 11 is -0.125. The number of carbonyl (C=O) groups is 2. The molecule has 7 rings (SSSR count). The Hall–Kier alpha value is -4.57. The summed E-state index contributed by atoms with van der Waals surface area (Å²) in [5.41, 5.74) is 3.26. The molecule has 0 saturated carbocycles. The van der Waals surface area contributed by atoms with Crippen LogP contribution < -0.4 is 4.90 Å². The summed E-state index contributed by atoms with van der Waals surface area (Å²) in [7, 11) is 0. The van der Waals surface area contributed by atoms with E-state index < -0.39 is 0 Å². The Labute approximate surface area is 225 Å². The van der Waals surface area contributed by atoms with Gasteiger partial charge in [0.25, 0.3) is 0 Å². The average molecular weight is 555 g/mol. The van der Waals surface area contributed by atoms with Crippen molar-refractivity contribution in [2.24, 2.45) is 0 Å². The Bertz CT molecular complexity index is 1860. The molecule has 0 saturated heterocycles. The second-order valence-electron chi connectivity index (χ2n) is 9.18. The first kappa shape index (κ1) is 22.6. The number of carbonyl (C=O) groups excluding carboxylic acids is 2. The Kier molecular flexibility index (Phi) is 5.40. The van der Waals surface area contributed by atoms with E-state index in [-0.39, 0.29) is 31.6 Å². The Morgan fingerprint density at radius 1 is 0.684 bits per heavy atom. The van der Waals surface area contributed by atoms with Gasteiger partial charge in [-0.15, -0.1) is 0 Å². The van der Waals surface area contributed by atoms with Crippen LogP contribution in [0, 0.1) is 0 Å². The van der Waals surface area contributed by atoms with Crippen LogP contribution in [0.25, 0.3) is 27.6 Å². The van der Waals surface area contributed by atoms with Gasteiger partial charge in [-0.3, -0.25) is 0 Å². The zero-order valence-electron chi connectivity index (χ0n) is 20.2. The summed E-state index contributed by atoms with van der Waals surface area (Å²) in [5.74, 6) is -0.391. The van der Waals surface area contributed by atoms with Crippen LogP contribution in [0.2, 0.25) is 0 Å². The van der Waals surface area contributed by atoms with E-state index in [2.05, 4.69) is 46.3 Å². The predicted octanol–water partition coefficient (Wildman–Crippen LogP) is 7.38. The maximum absolute atomic E-state index is 13.3. The summed E-state index contributed by atoms with van der Waals surface area (Å²) in [6.45, 7) is 0. The van der Waals surface area contributed by atoms with Crippen LogP contribution in [0.15, 0.2) is 121 Å². The van der Waals surface area contributed by atoms with Gasteiger partial charge in [-0.1, -0.05) is 0 Å². The van der Waals surface area contributed by atoms with Gasteiger partial charge in [0.2, 0.25) is 0 Å². The minimum absolute atomic E-state index is 0.125. The molecule has 38 heavy (non-hydrogen) atoms. The monoisotopic (exact) mass is 556 g/mol. The number of aromatic nitrogens is 1. The van der Waals surface area contributed by atoms with Crippen molar-refractivity contribution in [1.82, 2.24) is 4.98 Å². The molecule has 0 radical (unpaired) electrons. The molecule has 0 aliphatic heterocycles. The van der Waals surface area contributed by atoms with Crippen molar-refractivity contribution in [3.8, 4) is 0 Å². The van der Waals surface area contributed by atoms with Crippen LogP contribution in [0.3, 0.4) is 0 Å². The molecule has 0 amide bonds. The third-order valence-corrected chi connectivity index (χ3v) is 9.03. The number of nitrogens with zero attached hydrogens (tertiary/aromatic N) is 2. The van der Waals surface area contributed by atoms with Crippen molar-refractivity contribution in [2.75, 3.05) is 4.90 Å². The fraction of sp³-hybridized carbons (Fsp3) is 0. The van der Waals surface area contributed by atoms with Gasteiger partial charge in [-0.05, 0) is 0 Å². The van der Waals surface area contributed by atoms with E-state index in [1.165, 1.54) is 0 Å². The Morgan fingerprint density at radius 3 is 2.08 bits per heavy atom. The van der Waals surface area contributed by atoms with Crippen LogP contribution in [0.5, 0.6) is 0 Å². The zero-order chi connectivity index (χ0) is 25.6. The molecule has 5 heteroatoms. The number of hydrogen-bond acceptors (Lipinski definition) is 4. The molecule has 2 heterocycles. The first-order valence-corrected chi connectivity index (χ1v) is 14.0. The fourth-order valence-electron chi connectivity index (χ4n) is 5.10. The summed E-state index contributed by atoms with van der Waals surface area (Å²) in [6, 6.07) is 34.2. The van der Waals surface area contributed by atoms with E-state index in [0.29, 0.717) is 11.1 Å². The predicted molar refractivity (Wildman–Crippen MR) is 154 cm³/mol. The molecule has 0 unspecified atom stereocenters. The number of pyridine rings is 1. The second-order valence-corrected chi connectivity index (χ2v) is 11.5. The van der Waals surface area contributed by atoms with Crippen LogP contribution in [0.1, 0.15) is 25.2 Å². The topological polar surface area (TPSA) is 50.3 Å². The molecule has 2 aromatic heterocycles. The van der Waals surface area contributed by atoms with Crippen LogP contribution in [0.4, 0.5) is 15.9 Å². The van der Waals surface area contributed by atoms with Crippen LogP contribution >= 0.6 is 0 Å². The number of allylic oxidation sites excluding steroid dienone is 1. The molecule has 180 valence electrons. The molecule has 0 spiro atoms. The average Bonchev–Trinajstić information content (AvgIpc) is 3.51. The van der Waals surface area contributed by atoms with E-state index in [4.69, 9.17) is 0 Å². The van der Waals surface area contributed by atoms with Crippen molar-refractivity contribution in [3.05, 3.63) is 137 Å². The van der Waals surface area contributed by atoms with Gasteiger partial charge < -0.3 is 0 Å². The molecular weight excluding hydrogens is 535 g/mol. The summed E-state index contributed by atoms with van der Waals surface area (Å²) in [5, 5.41) is 4.23. The van der Waals surface area contributed by atoms with Gasteiger partial charge in [0.1, 0.15) is 0 Å². The summed E-state index contributed by atoms with van der Waals surface area (Å²) < 4.78 is 2.09. The first-order valence-electron chi connectivity index (χ1n) is 12.3. The normalized spacial score (nSPS) is 12.8. The number of hydrogen-bond donors (Lipinski definition) is 0. The third kappa shape index (κ3) is 3.72.